The van der Waals surface area contributed by atoms with Crippen molar-refractivity contribution in [2.24, 2.45) is 0 Å². The molecule has 31 heavy (non-hydrogen) atoms. The summed E-state index contributed by atoms with van der Waals surface area (Å²) in [5, 5.41) is 8.25. The van der Waals surface area contributed by atoms with E-state index in [1.54, 1.807) is 48.5 Å². The van der Waals surface area contributed by atoms with Gasteiger partial charge >= 0.3 is 12.2 Å². The van der Waals surface area contributed by atoms with Crippen LogP contribution in [0.25, 0.3) is 0 Å². The summed E-state index contributed by atoms with van der Waals surface area (Å²) in [6, 6.07) is 13.4. The Hall–Kier alpha value is -3.07. The molecule has 0 aliphatic heterocycles. The molecular formula is C22H26F3N3O3. The quantitative estimate of drug-likeness (QED) is 0.557. The maximum absolute atomic E-state index is 12.3. The van der Waals surface area contributed by atoms with Gasteiger partial charge in [0.05, 0.1) is 6.61 Å². The van der Waals surface area contributed by atoms with Crippen molar-refractivity contribution < 1.29 is 27.5 Å². The van der Waals surface area contributed by atoms with E-state index in [1.165, 1.54) is 0 Å². The molecule has 0 fully saturated rings. The lowest BCUT2D eigenvalue weighted by atomic mass is 10.1. The van der Waals surface area contributed by atoms with Crippen LogP contribution >= 0.6 is 0 Å². The Bertz CT molecular complexity index is 851. The summed E-state index contributed by atoms with van der Waals surface area (Å²) >= 11 is 0. The van der Waals surface area contributed by atoms with Gasteiger partial charge in [-0.25, -0.2) is 4.79 Å². The van der Waals surface area contributed by atoms with Crippen molar-refractivity contribution >= 4 is 11.9 Å². The molecule has 0 aliphatic carbocycles. The van der Waals surface area contributed by atoms with Crippen LogP contribution in [0.5, 0.6) is 0 Å². The summed E-state index contributed by atoms with van der Waals surface area (Å²) < 4.78 is 40.9. The van der Waals surface area contributed by atoms with Crippen molar-refractivity contribution in [3.05, 3.63) is 70.8 Å². The number of nitrogens with one attached hydrogen (secondary N) is 3. The molecule has 6 nitrogen and oxygen atoms in total. The van der Waals surface area contributed by atoms with Gasteiger partial charge in [0.25, 0.3) is 5.91 Å². The van der Waals surface area contributed by atoms with Crippen LogP contribution < -0.4 is 16.0 Å². The third kappa shape index (κ3) is 9.52. The molecule has 0 radical (unpaired) electrons. The van der Waals surface area contributed by atoms with Crippen LogP contribution in [-0.4, -0.2) is 30.8 Å². The number of halogens is 3. The molecule has 0 spiro atoms. The van der Waals surface area contributed by atoms with Gasteiger partial charge in [-0.3, -0.25) is 4.79 Å². The van der Waals surface area contributed by atoms with Crippen LogP contribution in [0.1, 0.15) is 40.9 Å². The molecule has 0 heterocycles. The summed E-state index contributed by atoms with van der Waals surface area (Å²) in [6.45, 7) is 2.95. The van der Waals surface area contributed by atoms with E-state index in [0.717, 1.165) is 11.1 Å². The number of urea groups is 1. The van der Waals surface area contributed by atoms with Gasteiger partial charge in [-0.05, 0) is 42.7 Å². The molecule has 2 aromatic rings. The Balaban J connectivity index is 1.77. The SMILES string of the molecule is CC(C)NC(=O)NCc1ccc(C(=O)NCc2ccc(COCC(F)(F)F)cc2)cc1. The third-order valence-electron chi connectivity index (χ3n) is 4.10. The summed E-state index contributed by atoms with van der Waals surface area (Å²) in [5.41, 5.74) is 2.77. The second kappa shape index (κ2) is 11.4. The van der Waals surface area contributed by atoms with Crippen LogP contribution in [0, 0.1) is 0 Å². The van der Waals surface area contributed by atoms with Gasteiger partial charge in [0, 0.05) is 24.7 Å². The number of carbonyl (C=O) groups is 2. The number of hydrogen-bond acceptors (Lipinski definition) is 3. The Morgan fingerprint density at radius 1 is 0.871 bits per heavy atom. The fourth-order valence-corrected chi connectivity index (χ4v) is 2.59. The summed E-state index contributed by atoms with van der Waals surface area (Å²) in [7, 11) is 0. The Morgan fingerprint density at radius 2 is 1.39 bits per heavy atom. The highest BCUT2D eigenvalue weighted by atomic mass is 19.4. The van der Waals surface area contributed by atoms with E-state index in [1.807, 2.05) is 13.8 Å². The zero-order valence-electron chi connectivity index (χ0n) is 17.4. The number of benzene rings is 2. The molecular weight excluding hydrogens is 411 g/mol. The lowest BCUT2D eigenvalue weighted by Crippen LogP contribution is -2.39. The predicted molar refractivity (Wildman–Crippen MR) is 110 cm³/mol. The molecule has 2 rings (SSSR count). The van der Waals surface area contributed by atoms with Crippen LogP contribution in [-0.2, 0) is 24.4 Å². The van der Waals surface area contributed by atoms with Crippen LogP contribution in [0.3, 0.4) is 0 Å². The highest BCUT2D eigenvalue weighted by Crippen LogP contribution is 2.16. The maximum atomic E-state index is 12.3. The Morgan fingerprint density at radius 3 is 1.94 bits per heavy atom. The minimum atomic E-state index is -4.35. The van der Waals surface area contributed by atoms with Gasteiger partial charge in [0.2, 0.25) is 0 Å². The minimum Gasteiger partial charge on any atom is -0.367 e. The standard InChI is InChI=1S/C22H26F3N3O3/c1-15(2)28-21(30)27-12-17-7-9-19(10-8-17)20(29)26-11-16-3-5-18(6-4-16)13-31-14-22(23,24)25/h3-10,15H,11-14H2,1-2H3,(H,26,29)(H2,27,28,30). The van der Waals surface area contributed by atoms with E-state index in [2.05, 4.69) is 20.7 Å². The molecule has 3 amide bonds. The van der Waals surface area contributed by atoms with Crippen molar-refractivity contribution in [3.8, 4) is 0 Å². The monoisotopic (exact) mass is 437 g/mol. The third-order valence-corrected chi connectivity index (χ3v) is 4.10. The molecule has 0 saturated carbocycles. The average Bonchev–Trinajstić information content (AvgIpc) is 2.70. The Kier molecular flexibility index (Phi) is 8.87. The second-order valence-corrected chi connectivity index (χ2v) is 7.29. The molecule has 0 aliphatic rings. The molecule has 2 aromatic carbocycles. The summed E-state index contributed by atoms with van der Waals surface area (Å²) in [4.78, 5) is 23.9. The number of rotatable bonds is 9. The highest BCUT2D eigenvalue weighted by molar-refractivity contribution is 5.94. The van der Waals surface area contributed by atoms with Gasteiger partial charge in [-0.2, -0.15) is 13.2 Å². The molecule has 0 saturated heterocycles. The first kappa shape index (κ1) is 24.2. The van der Waals surface area contributed by atoms with Gasteiger partial charge in [0.1, 0.15) is 6.61 Å². The van der Waals surface area contributed by atoms with Gasteiger partial charge in [0.15, 0.2) is 0 Å². The number of hydrogen-bond donors (Lipinski definition) is 3. The van der Waals surface area contributed by atoms with E-state index in [0.29, 0.717) is 17.7 Å². The molecule has 0 atom stereocenters. The van der Waals surface area contributed by atoms with Crippen molar-refractivity contribution in [1.29, 1.82) is 0 Å². The fourth-order valence-electron chi connectivity index (χ4n) is 2.59. The highest BCUT2D eigenvalue weighted by Gasteiger charge is 2.27. The minimum absolute atomic E-state index is 0.0463. The topological polar surface area (TPSA) is 79.5 Å². The van der Waals surface area contributed by atoms with Gasteiger partial charge in [-0.15, -0.1) is 0 Å². The zero-order valence-corrected chi connectivity index (χ0v) is 17.4. The van der Waals surface area contributed by atoms with Crippen LogP contribution in [0.15, 0.2) is 48.5 Å². The van der Waals surface area contributed by atoms with E-state index in [-0.39, 0.29) is 31.1 Å². The van der Waals surface area contributed by atoms with Crippen molar-refractivity contribution in [1.82, 2.24) is 16.0 Å². The predicted octanol–water partition coefficient (Wildman–Crippen LogP) is 3.90. The lowest BCUT2D eigenvalue weighted by molar-refractivity contribution is -0.176. The van der Waals surface area contributed by atoms with E-state index < -0.39 is 12.8 Å². The normalized spacial score (nSPS) is 11.3. The van der Waals surface area contributed by atoms with Gasteiger partial charge < -0.3 is 20.7 Å². The summed E-state index contributed by atoms with van der Waals surface area (Å²) in [5.74, 6) is -0.255. The molecule has 168 valence electrons. The largest absolute Gasteiger partial charge is 0.411 e. The first-order valence-corrected chi connectivity index (χ1v) is 9.76. The van der Waals surface area contributed by atoms with Crippen molar-refractivity contribution in [3.63, 3.8) is 0 Å². The smallest absolute Gasteiger partial charge is 0.367 e. The lowest BCUT2D eigenvalue weighted by Gasteiger charge is -2.11. The fraction of sp³-hybridized carbons (Fsp3) is 0.364. The molecule has 3 N–H and O–H groups in total. The van der Waals surface area contributed by atoms with E-state index >= 15 is 0 Å². The Labute approximate surface area is 179 Å². The number of alkyl halides is 3. The van der Waals surface area contributed by atoms with Crippen LogP contribution in [0.4, 0.5) is 18.0 Å². The molecule has 0 unspecified atom stereocenters. The molecule has 0 aromatic heterocycles. The second-order valence-electron chi connectivity index (χ2n) is 7.29. The first-order valence-electron chi connectivity index (χ1n) is 9.76. The molecule has 0 bridgehead atoms. The zero-order chi connectivity index (χ0) is 22.9. The van der Waals surface area contributed by atoms with Crippen molar-refractivity contribution in [2.75, 3.05) is 6.61 Å². The molecule has 9 heteroatoms. The van der Waals surface area contributed by atoms with Gasteiger partial charge in [-0.1, -0.05) is 36.4 Å². The van der Waals surface area contributed by atoms with E-state index in [9.17, 15) is 22.8 Å². The number of ether oxygens (including phenoxy) is 1. The summed E-state index contributed by atoms with van der Waals surface area (Å²) in [6.07, 6.45) is -4.35. The first-order chi connectivity index (χ1) is 14.6. The average molecular weight is 437 g/mol. The van der Waals surface area contributed by atoms with Crippen molar-refractivity contribution in [2.45, 2.75) is 45.8 Å². The maximum Gasteiger partial charge on any atom is 0.411 e. The number of carbonyl (C=O) groups excluding carboxylic acids is 2. The van der Waals surface area contributed by atoms with E-state index in [4.69, 9.17) is 0 Å². The number of amides is 3. The van der Waals surface area contributed by atoms with Crippen LogP contribution in [0.2, 0.25) is 0 Å².